The zero-order valence-corrected chi connectivity index (χ0v) is 23.0. The minimum Gasteiger partial charge on any atom is -0.466 e. The molecule has 4 rings (SSSR count). The van der Waals surface area contributed by atoms with E-state index >= 15 is 0 Å². The van der Waals surface area contributed by atoms with E-state index in [9.17, 15) is 44.3 Å². The van der Waals surface area contributed by atoms with E-state index < -0.39 is 60.3 Å². The number of ether oxygens (including phenoxy) is 1. The Hall–Kier alpha value is -4.49. The molecular formula is C30H24F9N3O2. The van der Waals surface area contributed by atoms with Gasteiger partial charge >= 0.3 is 24.5 Å². The fourth-order valence-corrected chi connectivity index (χ4v) is 4.84. The molecule has 1 atom stereocenters. The first-order valence-electron chi connectivity index (χ1n) is 12.9. The number of hydrogen-bond donors (Lipinski definition) is 1. The number of aliphatic imine (C=N–C) groups is 1. The van der Waals surface area contributed by atoms with Gasteiger partial charge in [-0.2, -0.15) is 39.5 Å². The van der Waals surface area contributed by atoms with E-state index in [4.69, 9.17) is 4.74 Å². The number of nitrogens with one attached hydrogen (secondary N) is 1. The second-order valence-corrected chi connectivity index (χ2v) is 9.73. The van der Waals surface area contributed by atoms with Crippen LogP contribution >= 0.6 is 0 Å². The van der Waals surface area contributed by atoms with Crippen LogP contribution in [0.1, 0.15) is 46.3 Å². The molecule has 0 aliphatic carbocycles. The number of nitrogens with zero attached hydrogens (tertiary/aromatic N) is 2. The van der Waals surface area contributed by atoms with E-state index in [0.717, 1.165) is 42.3 Å². The van der Waals surface area contributed by atoms with E-state index in [1.165, 1.54) is 49.4 Å². The molecule has 5 nitrogen and oxygen atoms in total. The van der Waals surface area contributed by atoms with Gasteiger partial charge in [0.1, 0.15) is 0 Å². The van der Waals surface area contributed by atoms with Crippen molar-refractivity contribution in [1.29, 1.82) is 0 Å². The van der Waals surface area contributed by atoms with Crippen molar-refractivity contribution in [3.8, 4) is 0 Å². The highest BCUT2D eigenvalue weighted by molar-refractivity contribution is 5.96. The SMILES string of the molecule is COC(=O)C1=C(C)N(Cc2ccccc2C(F)(F)F)C(=NCc2ccccc2C(F)(F)F)NC1c1cccc(C(F)(F)F)c1. The number of alkyl halides is 9. The molecule has 44 heavy (non-hydrogen) atoms. The number of guanidine groups is 1. The Bertz CT molecular complexity index is 1590. The predicted octanol–water partition coefficient (Wildman–Crippen LogP) is 7.89. The highest BCUT2D eigenvalue weighted by Gasteiger charge is 2.39. The first kappa shape index (κ1) is 32.4. The molecule has 234 valence electrons. The van der Waals surface area contributed by atoms with E-state index in [0.29, 0.717) is 0 Å². The summed E-state index contributed by atoms with van der Waals surface area (Å²) < 4.78 is 128. The lowest BCUT2D eigenvalue weighted by molar-refractivity contribution is -0.139. The number of carbonyl (C=O) groups is 1. The monoisotopic (exact) mass is 629 g/mol. The number of hydrogen-bond acceptors (Lipinski definition) is 3. The summed E-state index contributed by atoms with van der Waals surface area (Å²) in [6.45, 7) is 0.179. The maximum Gasteiger partial charge on any atom is 0.416 e. The van der Waals surface area contributed by atoms with Crippen LogP contribution in [0, 0.1) is 0 Å². The molecule has 3 aromatic carbocycles. The van der Waals surface area contributed by atoms with Gasteiger partial charge < -0.3 is 15.0 Å². The maximum absolute atomic E-state index is 13.9. The average molecular weight is 630 g/mol. The largest absolute Gasteiger partial charge is 0.466 e. The molecule has 3 aromatic rings. The van der Waals surface area contributed by atoms with Crippen LogP contribution in [-0.2, 0) is 41.1 Å². The normalized spacial score (nSPS) is 17.1. The van der Waals surface area contributed by atoms with Crippen molar-refractivity contribution in [3.05, 3.63) is 117 Å². The number of benzene rings is 3. The molecule has 0 fully saturated rings. The van der Waals surface area contributed by atoms with Crippen molar-refractivity contribution in [2.75, 3.05) is 7.11 Å². The second kappa shape index (κ2) is 12.2. The smallest absolute Gasteiger partial charge is 0.416 e. The molecule has 0 saturated carbocycles. The van der Waals surface area contributed by atoms with E-state index in [1.54, 1.807) is 0 Å². The Morgan fingerprint density at radius 1 is 0.818 bits per heavy atom. The molecule has 1 aliphatic heterocycles. The van der Waals surface area contributed by atoms with Gasteiger partial charge in [-0.1, -0.05) is 48.5 Å². The van der Waals surface area contributed by atoms with Crippen molar-refractivity contribution >= 4 is 11.9 Å². The molecule has 0 bridgehead atoms. The summed E-state index contributed by atoms with van der Waals surface area (Å²) in [6, 6.07) is 11.7. The summed E-state index contributed by atoms with van der Waals surface area (Å²) in [5.41, 5.74) is -3.90. The standard InChI is InChI=1S/C30H24F9N3O2/c1-17-24(26(43)44-2)25(18-10-7-11-21(14-18)28(31,32)33)41-27(40-15-19-8-3-5-12-22(19)29(34,35)36)42(17)16-20-9-4-6-13-23(20)30(37,38)39/h3-14,25H,15-16H2,1-2H3,(H,40,41). The van der Waals surface area contributed by atoms with Crippen LogP contribution in [0.2, 0.25) is 0 Å². The summed E-state index contributed by atoms with van der Waals surface area (Å²) in [7, 11) is 1.02. The number of halogens is 9. The van der Waals surface area contributed by atoms with Crippen molar-refractivity contribution in [2.24, 2.45) is 4.99 Å². The zero-order chi connectivity index (χ0) is 32.4. The third-order valence-corrected chi connectivity index (χ3v) is 6.94. The maximum atomic E-state index is 13.9. The van der Waals surface area contributed by atoms with Gasteiger partial charge in [-0.15, -0.1) is 0 Å². The third-order valence-electron chi connectivity index (χ3n) is 6.94. The van der Waals surface area contributed by atoms with Crippen LogP contribution in [-0.4, -0.2) is 23.9 Å². The Morgan fingerprint density at radius 3 is 1.95 bits per heavy atom. The Labute approximate surface area is 245 Å². The van der Waals surface area contributed by atoms with Crippen LogP contribution in [0.4, 0.5) is 39.5 Å². The number of carbonyl (C=O) groups excluding carboxylic acids is 1. The van der Waals surface area contributed by atoms with Crippen LogP contribution in [0.15, 0.2) is 89.1 Å². The van der Waals surface area contributed by atoms with Gasteiger partial charge in [0.15, 0.2) is 5.96 Å². The van der Waals surface area contributed by atoms with E-state index in [2.05, 4.69) is 10.3 Å². The van der Waals surface area contributed by atoms with Crippen molar-refractivity contribution in [3.63, 3.8) is 0 Å². The first-order chi connectivity index (χ1) is 20.5. The summed E-state index contributed by atoms with van der Waals surface area (Å²) in [4.78, 5) is 18.4. The minimum atomic E-state index is -4.77. The number of rotatable bonds is 6. The lowest BCUT2D eigenvalue weighted by Crippen LogP contribution is -2.49. The lowest BCUT2D eigenvalue weighted by Gasteiger charge is -2.38. The van der Waals surface area contributed by atoms with Gasteiger partial charge in [0.2, 0.25) is 0 Å². The van der Waals surface area contributed by atoms with Crippen LogP contribution < -0.4 is 5.32 Å². The Kier molecular flexibility index (Phi) is 9.03. The lowest BCUT2D eigenvalue weighted by atomic mass is 9.93. The van der Waals surface area contributed by atoms with Gasteiger partial charge in [-0.25, -0.2) is 9.79 Å². The van der Waals surface area contributed by atoms with Crippen molar-refractivity contribution in [2.45, 2.75) is 44.6 Å². The third kappa shape index (κ3) is 7.00. The van der Waals surface area contributed by atoms with E-state index in [-0.39, 0.29) is 33.9 Å². The molecule has 0 saturated heterocycles. The molecule has 0 radical (unpaired) electrons. The van der Waals surface area contributed by atoms with Gasteiger partial charge in [-0.3, -0.25) is 0 Å². The molecule has 0 spiro atoms. The molecule has 0 amide bonds. The second-order valence-electron chi connectivity index (χ2n) is 9.73. The van der Waals surface area contributed by atoms with Gasteiger partial charge in [0.25, 0.3) is 0 Å². The zero-order valence-electron chi connectivity index (χ0n) is 23.0. The van der Waals surface area contributed by atoms with Gasteiger partial charge in [-0.05, 0) is 47.9 Å². The molecular weight excluding hydrogens is 605 g/mol. The summed E-state index contributed by atoms with van der Waals surface area (Å²) in [5.74, 6) is -1.26. The van der Waals surface area contributed by atoms with Crippen molar-refractivity contribution < 1.29 is 49.0 Å². The fourth-order valence-electron chi connectivity index (χ4n) is 4.84. The van der Waals surface area contributed by atoms with Gasteiger partial charge in [0.05, 0.1) is 48.5 Å². The Balaban J connectivity index is 1.91. The highest BCUT2D eigenvalue weighted by Crippen LogP contribution is 2.38. The van der Waals surface area contributed by atoms with Crippen LogP contribution in [0.5, 0.6) is 0 Å². The molecule has 1 heterocycles. The number of methoxy groups -OCH3 is 1. The van der Waals surface area contributed by atoms with Crippen LogP contribution in [0.25, 0.3) is 0 Å². The topological polar surface area (TPSA) is 53.9 Å². The molecule has 0 aromatic heterocycles. The average Bonchev–Trinajstić information content (AvgIpc) is 2.96. The van der Waals surface area contributed by atoms with Crippen molar-refractivity contribution in [1.82, 2.24) is 10.2 Å². The summed E-state index contributed by atoms with van der Waals surface area (Å²) in [6.07, 6.45) is -14.3. The molecule has 1 aliphatic rings. The quantitative estimate of drug-likeness (QED) is 0.223. The fraction of sp³-hybridized carbons (Fsp3) is 0.267. The van der Waals surface area contributed by atoms with E-state index in [1.807, 2.05) is 0 Å². The first-order valence-corrected chi connectivity index (χ1v) is 12.9. The van der Waals surface area contributed by atoms with Gasteiger partial charge in [0, 0.05) is 5.70 Å². The number of allylic oxidation sites excluding steroid dienone is 1. The summed E-state index contributed by atoms with van der Waals surface area (Å²) in [5, 5.41) is 2.79. The highest BCUT2D eigenvalue weighted by atomic mass is 19.4. The Morgan fingerprint density at radius 2 is 1.39 bits per heavy atom. The number of esters is 1. The molecule has 1 N–H and O–H groups in total. The summed E-state index contributed by atoms with van der Waals surface area (Å²) >= 11 is 0. The van der Waals surface area contributed by atoms with Crippen LogP contribution in [0.3, 0.4) is 0 Å². The molecule has 1 unspecified atom stereocenters. The minimum absolute atomic E-state index is 0.0298. The predicted molar refractivity (Wildman–Crippen MR) is 142 cm³/mol. The molecule has 14 heteroatoms.